The molecule has 1 aliphatic heterocycles. The number of ether oxygens (including phenoxy) is 1. The van der Waals surface area contributed by atoms with Crippen LogP contribution in [0.2, 0.25) is 0 Å². The smallest absolute Gasteiger partial charge is 0.306 e. The highest BCUT2D eigenvalue weighted by Gasteiger charge is 2.46. The summed E-state index contributed by atoms with van der Waals surface area (Å²) in [4.78, 5) is 11.7. The first-order chi connectivity index (χ1) is 15.7. The van der Waals surface area contributed by atoms with Crippen LogP contribution in [-0.4, -0.2) is 45.1 Å². The summed E-state index contributed by atoms with van der Waals surface area (Å²) in [5.74, 6) is -0.418. The number of aryl methyl sites for hydroxylation is 1. The van der Waals surface area contributed by atoms with Crippen molar-refractivity contribution in [1.29, 1.82) is 0 Å². The highest BCUT2D eigenvalue weighted by atomic mass is 16.5. The van der Waals surface area contributed by atoms with Gasteiger partial charge in [-0.05, 0) is 64.0 Å². The average molecular weight is 454 g/mol. The van der Waals surface area contributed by atoms with Crippen LogP contribution in [0, 0.1) is 5.92 Å². The zero-order valence-electron chi connectivity index (χ0n) is 19.5. The minimum Gasteiger partial charge on any atom is -0.491 e. The SMILES string of the molecule is C[C@H](CCCc1ccccc1)OC1=C[C@](O)(CC(=O)O)C2=C3C[C@H](O)CC[C@H]3[C@H](C)NC2=C1. The second kappa shape index (κ2) is 9.74. The van der Waals surface area contributed by atoms with Gasteiger partial charge in [0.15, 0.2) is 0 Å². The summed E-state index contributed by atoms with van der Waals surface area (Å²) in [5.41, 5.74) is 1.91. The third-order valence-electron chi connectivity index (χ3n) is 7.07. The molecule has 0 unspecified atom stereocenters. The van der Waals surface area contributed by atoms with Crippen LogP contribution in [0.4, 0.5) is 0 Å². The van der Waals surface area contributed by atoms with Crippen LogP contribution in [0.15, 0.2) is 65.1 Å². The number of hydrogen-bond donors (Lipinski definition) is 4. The van der Waals surface area contributed by atoms with E-state index in [1.165, 1.54) is 5.56 Å². The molecule has 0 bridgehead atoms. The van der Waals surface area contributed by atoms with Gasteiger partial charge in [-0.1, -0.05) is 35.9 Å². The Labute approximate surface area is 195 Å². The number of aliphatic carboxylic acids is 1. The third-order valence-corrected chi connectivity index (χ3v) is 7.07. The molecule has 33 heavy (non-hydrogen) atoms. The van der Waals surface area contributed by atoms with Gasteiger partial charge in [-0.15, -0.1) is 0 Å². The Morgan fingerprint density at radius 3 is 2.76 bits per heavy atom. The summed E-state index contributed by atoms with van der Waals surface area (Å²) in [7, 11) is 0. The summed E-state index contributed by atoms with van der Waals surface area (Å²) in [6, 6.07) is 10.5. The van der Waals surface area contributed by atoms with E-state index in [1.807, 2.05) is 31.2 Å². The standard InChI is InChI=1S/C27H35NO5/c1-17(7-6-10-19-8-4-3-5-9-19)33-21-14-24-26(27(32,15-21)16-25(30)31)23-13-20(29)11-12-22(23)18(2)28-24/h3-5,8-9,14-15,17-18,20,22,28-29,32H,6-7,10-13,16H2,1-2H3,(H,30,31)/t17-,18+,20-,22+,27+/m1/s1. The number of aliphatic hydroxyl groups is 2. The molecule has 3 aliphatic rings. The van der Waals surface area contributed by atoms with Gasteiger partial charge in [0.25, 0.3) is 0 Å². The van der Waals surface area contributed by atoms with Gasteiger partial charge in [0.1, 0.15) is 11.4 Å². The van der Waals surface area contributed by atoms with Crippen LogP contribution < -0.4 is 5.32 Å². The second-order valence-corrected chi connectivity index (χ2v) is 9.78. The molecule has 0 radical (unpaired) electrons. The summed E-state index contributed by atoms with van der Waals surface area (Å²) in [6.45, 7) is 4.10. The molecule has 1 aromatic rings. The molecule has 178 valence electrons. The van der Waals surface area contributed by atoms with Gasteiger partial charge in [0, 0.05) is 29.3 Å². The van der Waals surface area contributed by atoms with Crippen LogP contribution in [0.1, 0.15) is 57.9 Å². The van der Waals surface area contributed by atoms with E-state index >= 15 is 0 Å². The normalized spacial score (nSPS) is 29.8. The highest BCUT2D eigenvalue weighted by molar-refractivity contribution is 5.72. The molecule has 6 nitrogen and oxygen atoms in total. The number of carboxylic acid groups (broad SMARTS) is 1. The number of nitrogens with one attached hydrogen (secondary N) is 1. The maximum atomic E-state index is 11.7. The fourth-order valence-electron chi connectivity index (χ4n) is 5.57. The van der Waals surface area contributed by atoms with Crippen LogP contribution in [0.3, 0.4) is 0 Å². The van der Waals surface area contributed by atoms with Gasteiger partial charge in [-0.2, -0.15) is 0 Å². The van der Waals surface area contributed by atoms with Crippen LogP contribution in [0.25, 0.3) is 0 Å². The number of allylic oxidation sites excluding steroid dienone is 1. The molecule has 6 heteroatoms. The Hall–Kier alpha value is -2.57. The number of aliphatic hydroxyl groups excluding tert-OH is 1. The van der Waals surface area contributed by atoms with Gasteiger partial charge >= 0.3 is 5.97 Å². The molecule has 2 aliphatic carbocycles. The predicted octanol–water partition coefficient (Wildman–Crippen LogP) is 3.85. The minimum atomic E-state index is -1.67. The van der Waals surface area contributed by atoms with E-state index in [0.29, 0.717) is 29.9 Å². The molecule has 0 saturated heterocycles. The maximum absolute atomic E-state index is 11.7. The lowest BCUT2D eigenvalue weighted by Gasteiger charge is -2.46. The summed E-state index contributed by atoms with van der Waals surface area (Å²) in [5, 5.41) is 34.9. The molecule has 4 N–H and O–H groups in total. The second-order valence-electron chi connectivity index (χ2n) is 9.78. The monoisotopic (exact) mass is 453 g/mol. The van der Waals surface area contributed by atoms with Crippen molar-refractivity contribution < 1.29 is 24.9 Å². The lowest BCUT2D eigenvalue weighted by Crippen LogP contribution is -2.49. The van der Waals surface area contributed by atoms with Gasteiger partial charge in [0.05, 0.1) is 18.6 Å². The van der Waals surface area contributed by atoms with E-state index in [4.69, 9.17) is 4.74 Å². The molecular weight excluding hydrogens is 418 g/mol. The average Bonchev–Trinajstić information content (AvgIpc) is 2.73. The topological polar surface area (TPSA) is 99.0 Å². The Kier molecular flexibility index (Phi) is 6.96. The first-order valence-corrected chi connectivity index (χ1v) is 12.0. The van der Waals surface area contributed by atoms with E-state index in [-0.39, 0.29) is 18.1 Å². The van der Waals surface area contributed by atoms with Crippen LogP contribution in [-0.2, 0) is 16.0 Å². The van der Waals surface area contributed by atoms with Crippen molar-refractivity contribution >= 4 is 5.97 Å². The van der Waals surface area contributed by atoms with Crippen molar-refractivity contribution in [2.75, 3.05) is 0 Å². The van der Waals surface area contributed by atoms with E-state index in [1.54, 1.807) is 6.08 Å². The number of benzene rings is 1. The molecular formula is C27H35NO5. The summed E-state index contributed by atoms with van der Waals surface area (Å²) in [6.07, 6.45) is 7.22. The Morgan fingerprint density at radius 1 is 1.27 bits per heavy atom. The van der Waals surface area contributed by atoms with Crippen LogP contribution >= 0.6 is 0 Å². The van der Waals surface area contributed by atoms with Crippen molar-refractivity contribution in [1.82, 2.24) is 5.32 Å². The van der Waals surface area contributed by atoms with Crippen molar-refractivity contribution in [3.05, 3.63) is 70.6 Å². The van der Waals surface area contributed by atoms with Crippen molar-refractivity contribution in [3.8, 4) is 0 Å². The molecule has 0 spiro atoms. The lowest BCUT2D eigenvalue weighted by molar-refractivity contribution is -0.140. The zero-order chi connectivity index (χ0) is 23.6. The number of carbonyl (C=O) groups is 1. The first-order valence-electron chi connectivity index (χ1n) is 12.0. The molecule has 1 fully saturated rings. The van der Waals surface area contributed by atoms with Gasteiger partial charge in [-0.3, -0.25) is 4.79 Å². The van der Waals surface area contributed by atoms with Crippen molar-refractivity contribution in [2.24, 2.45) is 5.92 Å². The Bertz CT molecular complexity index is 966. The molecule has 1 heterocycles. The summed E-state index contributed by atoms with van der Waals surface area (Å²) >= 11 is 0. The largest absolute Gasteiger partial charge is 0.491 e. The van der Waals surface area contributed by atoms with E-state index < -0.39 is 24.1 Å². The molecule has 1 saturated carbocycles. The first kappa shape index (κ1) is 23.6. The zero-order valence-corrected chi connectivity index (χ0v) is 19.5. The third kappa shape index (κ3) is 5.33. The molecule has 0 amide bonds. The van der Waals surface area contributed by atoms with Gasteiger partial charge in [0.2, 0.25) is 0 Å². The maximum Gasteiger partial charge on any atom is 0.306 e. The van der Waals surface area contributed by atoms with Crippen molar-refractivity contribution in [3.63, 3.8) is 0 Å². The van der Waals surface area contributed by atoms with Crippen LogP contribution in [0.5, 0.6) is 0 Å². The molecule has 4 rings (SSSR count). The number of hydrogen-bond acceptors (Lipinski definition) is 5. The highest BCUT2D eigenvalue weighted by Crippen LogP contribution is 2.46. The summed E-state index contributed by atoms with van der Waals surface area (Å²) < 4.78 is 6.17. The van der Waals surface area contributed by atoms with E-state index in [0.717, 1.165) is 31.3 Å². The fourth-order valence-corrected chi connectivity index (χ4v) is 5.57. The Morgan fingerprint density at radius 2 is 2.03 bits per heavy atom. The number of fused-ring (bicyclic) bond motifs is 2. The minimum absolute atomic E-state index is 0.0784. The lowest BCUT2D eigenvalue weighted by atomic mass is 9.68. The van der Waals surface area contributed by atoms with Crippen molar-refractivity contribution in [2.45, 2.75) is 82.6 Å². The predicted molar refractivity (Wildman–Crippen MR) is 126 cm³/mol. The molecule has 0 aromatic heterocycles. The van der Waals surface area contributed by atoms with Gasteiger partial charge in [-0.25, -0.2) is 0 Å². The quantitative estimate of drug-likeness (QED) is 0.477. The molecule has 1 aromatic carbocycles. The molecule has 5 atom stereocenters. The Balaban J connectivity index is 1.54. The van der Waals surface area contributed by atoms with Gasteiger partial charge < -0.3 is 25.4 Å². The fraction of sp³-hybridized carbons (Fsp3) is 0.519. The van der Waals surface area contributed by atoms with E-state index in [9.17, 15) is 20.1 Å². The number of rotatable bonds is 8. The van der Waals surface area contributed by atoms with E-state index in [2.05, 4.69) is 24.4 Å². The number of carboxylic acids is 1.